The van der Waals surface area contributed by atoms with Crippen molar-refractivity contribution in [1.82, 2.24) is 49.9 Å². The predicted molar refractivity (Wildman–Crippen MR) is 277 cm³/mol. The Morgan fingerprint density at radius 3 is 2.22 bits per heavy atom. The van der Waals surface area contributed by atoms with Crippen LogP contribution >= 0.6 is 0 Å². The number of fused-ring (bicyclic) bond motifs is 2. The summed E-state index contributed by atoms with van der Waals surface area (Å²) in [5.74, 6) is 1.87. The molecule has 8 heterocycles. The summed E-state index contributed by atoms with van der Waals surface area (Å²) < 4.78 is 20.1. The van der Waals surface area contributed by atoms with Gasteiger partial charge in [0.2, 0.25) is 17.7 Å². The normalized spacial score (nSPS) is 20.1. The number of nitrogens with two attached hydrogens (primary N) is 1. The Morgan fingerprint density at radius 2 is 1.53 bits per heavy atom. The second-order valence-electron chi connectivity index (χ2n) is 20.1. The molecule has 4 aliphatic heterocycles. The van der Waals surface area contributed by atoms with Crippen LogP contribution in [0.5, 0.6) is 17.5 Å². The van der Waals surface area contributed by atoms with E-state index in [0.717, 1.165) is 100 Å². The molecule has 6 aromatic rings. The number of carbonyl (C=O) groups is 2. The number of amides is 2. The molecule has 2 amide bonds. The number of piperazine rings is 2. The fourth-order valence-corrected chi connectivity index (χ4v) is 11.1. The molecule has 0 spiro atoms. The van der Waals surface area contributed by atoms with E-state index in [1.807, 2.05) is 87.1 Å². The summed E-state index contributed by atoms with van der Waals surface area (Å²) in [7, 11) is 0. The highest BCUT2D eigenvalue weighted by atomic mass is 16.5. The Bertz CT molecular complexity index is 2830. The molecule has 0 radical (unpaired) electrons. The smallest absolute Gasteiger partial charge is 0.254 e. The topological polar surface area (TPSA) is 210 Å². The second-order valence-corrected chi connectivity index (χ2v) is 20.1. The first-order valence-corrected chi connectivity index (χ1v) is 25.8. The first-order valence-electron chi connectivity index (χ1n) is 25.8. The van der Waals surface area contributed by atoms with Crippen molar-refractivity contribution in [3.8, 4) is 34.5 Å². The Labute approximate surface area is 426 Å². The molecular weight excluding hydrogens is 927 g/mol. The predicted octanol–water partition coefficient (Wildman–Crippen LogP) is 5.85. The zero-order chi connectivity index (χ0) is 50.6. The van der Waals surface area contributed by atoms with E-state index in [1.54, 1.807) is 29.3 Å². The van der Waals surface area contributed by atoms with Crippen LogP contribution in [0.2, 0.25) is 0 Å². The van der Waals surface area contributed by atoms with Gasteiger partial charge in [-0.05, 0) is 92.6 Å². The van der Waals surface area contributed by atoms with Crippen molar-refractivity contribution in [2.24, 2.45) is 5.92 Å². The van der Waals surface area contributed by atoms with Gasteiger partial charge in [-0.2, -0.15) is 0 Å². The zero-order valence-corrected chi connectivity index (χ0v) is 42.2. The Hall–Kier alpha value is -7.25. The number of nitrogens with zero attached hydrogens (tertiary/aromatic N) is 11. The number of imidazole rings is 1. The molecular formula is C54H67N13O6. The average Bonchev–Trinajstić information content (AvgIpc) is 4.22. The van der Waals surface area contributed by atoms with Gasteiger partial charge in [0.15, 0.2) is 11.6 Å². The quantitative estimate of drug-likeness (QED) is 0.0923. The summed E-state index contributed by atoms with van der Waals surface area (Å²) in [6.07, 6.45) is 9.02. The van der Waals surface area contributed by atoms with Gasteiger partial charge in [-0.15, -0.1) is 10.2 Å². The monoisotopic (exact) mass is 994 g/mol. The largest absolute Gasteiger partial charge is 0.507 e. The van der Waals surface area contributed by atoms with Crippen molar-refractivity contribution in [3.05, 3.63) is 109 Å². The molecule has 10 rings (SSSR count). The second kappa shape index (κ2) is 21.8. The number of nitrogen functional groups attached to an aromatic ring is 1. The van der Waals surface area contributed by atoms with Gasteiger partial charge in [-0.25, -0.2) is 9.97 Å². The molecule has 0 saturated carbocycles. The molecule has 4 fully saturated rings. The number of phenolic OH excluding ortho intramolecular Hbond substituents is 1. The lowest BCUT2D eigenvalue weighted by atomic mass is 9.91. The van der Waals surface area contributed by atoms with Crippen LogP contribution in [-0.2, 0) is 9.59 Å². The van der Waals surface area contributed by atoms with E-state index in [2.05, 4.69) is 62.4 Å². The van der Waals surface area contributed by atoms with E-state index in [0.29, 0.717) is 72.9 Å². The van der Waals surface area contributed by atoms with Crippen molar-refractivity contribution < 1.29 is 28.7 Å². The van der Waals surface area contributed by atoms with Crippen molar-refractivity contribution in [3.63, 3.8) is 0 Å². The summed E-state index contributed by atoms with van der Waals surface area (Å²) in [4.78, 5) is 48.1. The molecule has 4 saturated heterocycles. The summed E-state index contributed by atoms with van der Waals surface area (Å²) >= 11 is 0. The maximum atomic E-state index is 14.2. The Morgan fingerprint density at radius 1 is 0.822 bits per heavy atom. The van der Waals surface area contributed by atoms with Gasteiger partial charge in [-0.3, -0.25) is 19.4 Å². The SMILES string of the molecule is Cc1nccn1-c1ccc([C@H](C)NC(=O)[C@@H]2CCCN2C(=O)[C@@H](c2cc(OCCN3CCN(CCOc4cc(N5C6CCC5CN(c5cc(-c7ccccc7O)nnc5N)C6)ccn4)CC3)no2)C(C)C)cc1. The molecule has 5 atom stereocenters. The lowest BCUT2D eigenvalue weighted by Crippen LogP contribution is -2.54. The van der Waals surface area contributed by atoms with Crippen molar-refractivity contribution in [1.29, 1.82) is 0 Å². The number of pyridine rings is 1. The number of likely N-dealkylation sites (tertiary alicyclic amines) is 1. The van der Waals surface area contributed by atoms with Gasteiger partial charge >= 0.3 is 0 Å². The molecule has 2 bridgehead atoms. The number of nitrogens with one attached hydrogen (secondary N) is 1. The van der Waals surface area contributed by atoms with E-state index in [4.69, 9.17) is 19.7 Å². The number of phenols is 1. The van der Waals surface area contributed by atoms with Crippen LogP contribution in [0.15, 0.2) is 95.9 Å². The highest BCUT2D eigenvalue weighted by Gasteiger charge is 2.42. The number of carbonyl (C=O) groups excluding carboxylic acids is 2. The number of hydrogen-bond donors (Lipinski definition) is 3. The lowest BCUT2D eigenvalue weighted by molar-refractivity contribution is -0.141. The van der Waals surface area contributed by atoms with Crippen LogP contribution in [0.1, 0.15) is 75.6 Å². The van der Waals surface area contributed by atoms with E-state index in [-0.39, 0.29) is 29.5 Å². The first kappa shape index (κ1) is 49.3. The Kier molecular flexibility index (Phi) is 14.8. The van der Waals surface area contributed by atoms with E-state index >= 15 is 0 Å². The van der Waals surface area contributed by atoms with Crippen LogP contribution < -0.4 is 30.3 Å². The van der Waals surface area contributed by atoms with Gasteiger partial charge in [0.25, 0.3) is 5.88 Å². The number of hydrogen-bond acceptors (Lipinski definition) is 16. The molecule has 0 aliphatic carbocycles. The number of aryl methyl sites for hydroxylation is 1. The van der Waals surface area contributed by atoms with Crippen molar-refractivity contribution in [2.75, 3.05) is 87.7 Å². The van der Waals surface area contributed by atoms with Gasteiger partial charge < -0.3 is 49.4 Å². The summed E-state index contributed by atoms with van der Waals surface area (Å²) in [5, 5.41) is 26.3. The number of anilines is 3. The summed E-state index contributed by atoms with van der Waals surface area (Å²) in [6, 6.07) is 22.8. The fourth-order valence-electron chi connectivity index (χ4n) is 11.1. The molecule has 73 heavy (non-hydrogen) atoms. The minimum Gasteiger partial charge on any atom is -0.507 e. The van der Waals surface area contributed by atoms with Crippen molar-refractivity contribution in [2.45, 2.75) is 83.5 Å². The number of benzene rings is 2. The summed E-state index contributed by atoms with van der Waals surface area (Å²) in [6.45, 7) is 16.1. The zero-order valence-electron chi connectivity index (χ0n) is 42.2. The number of aromatic nitrogens is 6. The molecule has 384 valence electrons. The highest BCUT2D eigenvalue weighted by molar-refractivity contribution is 5.91. The minimum absolute atomic E-state index is 0.0913. The molecule has 4 N–H and O–H groups in total. The van der Waals surface area contributed by atoms with E-state index in [1.165, 1.54) is 0 Å². The van der Waals surface area contributed by atoms with Crippen LogP contribution in [0.3, 0.4) is 0 Å². The maximum absolute atomic E-state index is 14.2. The van der Waals surface area contributed by atoms with Crippen LogP contribution in [-0.4, -0.2) is 152 Å². The van der Waals surface area contributed by atoms with Crippen LogP contribution in [0, 0.1) is 12.8 Å². The first-order chi connectivity index (χ1) is 35.5. The maximum Gasteiger partial charge on any atom is 0.254 e. The third-order valence-electron chi connectivity index (χ3n) is 15.0. The number of aromatic hydroxyl groups is 1. The van der Waals surface area contributed by atoms with E-state index in [9.17, 15) is 14.7 Å². The minimum atomic E-state index is -0.603. The van der Waals surface area contributed by atoms with E-state index < -0.39 is 12.0 Å². The highest BCUT2D eigenvalue weighted by Crippen LogP contribution is 2.40. The molecule has 4 aromatic heterocycles. The molecule has 2 unspecified atom stereocenters. The molecule has 19 nitrogen and oxygen atoms in total. The number of rotatable bonds is 18. The Balaban J connectivity index is 0.649. The van der Waals surface area contributed by atoms with Gasteiger partial charge in [0.1, 0.15) is 36.7 Å². The number of ether oxygens (including phenoxy) is 2. The van der Waals surface area contributed by atoms with Crippen LogP contribution in [0.25, 0.3) is 16.9 Å². The van der Waals surface area contributed by atoms with Crippen LogP contribution in [0.4, 0.5) is 17.2 Å². The molecule has 4 aliphatic rings. The fraction of sp³-hybridized carbons (Fsp3) is 0.463. The number of para-hydroxylation sites is 1. The standard InChI is InChI=1S/C54H67N13O6/c1-35(2)51(54(70)66-20-7-9-45(66)53(69)58-36(3)38-11-13-39(14-12-38)65-21-19-56-37(65)4)48-32-50(61-73-48)72-29-27-63-24-22-62(23-25-63)26-28-71-49-30-40(17-18-57-49)67-41-15-16-42(67)34-64(33-41)46-31-44(59-60-52(46)55)43-8-5-6-10-47(43)68/h5-6,8,10-14,17-19,21,30-32,35-36,41-42,45,51,68H,7,9,15-16,20,22-29,33-34H2,1-4H3,(H2,55,60)(H,58,69)/t36-,41?,42?,45-,51+/m0/s1. The summed E-state index contributed by atoms with van der Waals surface area (Å²) in [5.41, 5.74) is 11.5. The lowest BCUT2D eigenvalue weighted by Gasteiger charge is -2.43. The molecule has 2 aromatic carbocycles. The van der Waals surface area contributed by atoms with Gasteiger partial charge in [0.05, 0.1) is 17.4 Å². The third kappa shape index (κ3) is 10.9. The average molecular weight is 994 g/mol. The van der Waals surface area contributed by atoms with Gasteiger partial charge in [0, 0.05) is 119 Å². The van der Waals surface area contributed by atoms with Crippen molar-refractivity contribution >= 4 is 29.0 Å². The van der Waals surface area contributed by atoms with Gasteiger partial charge in [-0.1, -0.05) is 38.1 Å². The third-order valence-corrected chi connectivity index (χ3v) is 15.0. The molecule has 19 heteroatoms.